The van der Waals surface area contributed by atoms with Crippen LogP contribution in [-0.2, 0) is 4.74 Å². The number of aliphatic hydroxyl groups is 3. The zero-order valence-electron chi connectivity index (χ0n) is 17.2. The number of primary amides is 1. The van der Waals surface area contributed by atoms with Gasteiger partial charge >= 0.3 is 0 Å². The molecule has 0 radical (unpaired) electrons. The Labute approximate surface area is 183 Å². The largest absolute Gasteiger partial charge is 0.394 e. The van der Waals surface area contributed by atoms with Crippen molar-refractivity contribution in [2.24, 2.45) is 5.73 Å². The van der Waals surface area contributed by atoms with Crippen LogP contribution in [0.3, 0.4) is 0 Å². The highest BCUT2D eigenvalue weighted by molar-refractivity contribution is 6.35. The molecule has 1 aliphatic rings. The number of benzene rings is 5. The van der Waals surface area contributed by atoms with Crippen LogP contribution in [0.25, 0.3) is 43.1 Å². The number of carbonyl (C=O) groups excluding carboxylic acids is 1. The molecule has 0 aromatic heterocycles. The van der Waals surface area contributed by atoms with Gasteiger partial charge < -0.3 is 25.8 Å². The molecule has 6 rings (SSSR count). The third-order valence-electron chi connectivity index (χ3n) is 6.16. The third-order valence-corrected chi connectivity index (χ3v) is 6.16. The minimum atomic E-state index is -0.905. The summed E-state index contributed by atoms with van der Waals surface area (Å²) in [5, 5.41) is 35.2. The molecule has 0 aliphatic carbocycles. The first kappa shape index (κ1) is 20.6. The second-order valence-corrected chi connectivity index (χ2v) is 8.08. The van der Waals surface area contributed by atoms with Crippen LogP contribution < -0.4 is 5.73 Å². The van der Waals surface area contributed by atoms with Gasteiger partial charge in [-0.25, -0.2) is 0 Å². The Bertz CT molecular complexity index is 1440. The molecular weight excluding hydrogens is 406 g/mol. The van der Waals surface area contributed by atoms with Gasteiger partial charge in [-0.15, -0.1) is 0 Å². The van der Waals surface area contributed by atoms with Crippen molar-refractivity contribution in [1.82, 2.24) is 0 Å². The molecule has 0 spiro atoms. The molecule has 5 aromatic carbocycles. The van der Waals surface area contributed by atoms with E-state index < -0.39 is 18.5 Å². The van der Waals surface area contributed by atoms with Crippen molar-refractivity contribution in [2.45, 2.75) is 24.9 Å². The molecular formula is C26H23NO5. The standard InChI is InChI=1S/C21H13NO.C5H10O4/c22-21(23)17-11-10-13-6-2-8-15-14-7-1-4-12-5-3-9-16(18(12)14)20(17)19(13)15;6-2-4-3(7)1-5(8)9-4/h1-11H,(H2,22,23);3-8H,1-2H2/t;3-,4+,5?/m.0/s1. The summed E-state index contributed by atoms with van der Waals surface area (Å²) in [7, 11) is 0. The van der Waals surface area contributed by atoms with E-state index in [2.05, 4.69) is 53.3 Å². The first-order valence-corrected chi connectivity index (χ1v) is 10.5. The minimum absolute atomic E-state index is 0.200. The van der Waals surface area contributed by atoms with Gasteiger partial charge in [-0.05, 0) is 43.8 Å². The van der Waals surface area contributed by atoms with Crippen molar-refractivity contribution in [3.8, 4) is 0 Å². The minimum Gasteiger partial charge on any atom is -0.394 e. The Morgan fingerprint density at radius 3 is 1.97 bits per heavy atom. The van der Waals surface area contributed by atoms with Gasteiger partial charge in [0.15, 0.2) is 6.29 Å². The van der Waals surface area contributed by atoms with Crippen LogP contribution >= 0.6 is 0 Å². The maximum atomic E-state index is 12.0. The quantitative estimate of drug-likeness (QED) is 0.254. The molecule has 1 aliphatic heterocycles. The highest BCUT2D eigenvalue weighted by atomic mass is 16.6. The monoisotopic (exact) mass is 429 g/mol. The molecule has 1 fully saturated rings. The lowest BCUT2D eigenvalue weighted by atomic mass is 9.87. The van der Waals surface area contributed by atoms with Gasteiger partial charge in [-0.1, -0.05) is 60.7 Å². The van der Waals surface area contributed by atoms with Gasteiger partial charge in [-0.3, -0.25) is 4.79 Å². The fourth-order valence-electron chi connectivity index (χ4n) is 4.73. The van der Waals surface area contributed by atoms with E-state index in [1.54, 1.807) is 0 Å². The molecule has 0 bridgehead atoms. The van der Waals surface area contributed by atoms with Gasteiger partial charge in [0.2, 0.25) is 5.91 Å². The Morgan fingerprint density at radius 2 is 1.44 bits per heavy atom. The highest BCUT2D eigenvalue weighted by Gasteiger charge is 2.31. The number of carbonyl (C=O) groups is 1. The molecule has 6 nitrogen and oxygen atoms in total. The van der Waals surface area contributed by atoms with Crippen LogP contribution in [0, 0.1) is 0 Å². The molecule has 1 unspecified atom stereocenters. The summed E-state index contributed by atoms with van der Waals surface area (Å²) in [5.41, 5.74) is 6.25. The average molecular weight is 429 g/mol. The second kappa shape index (κ2) is 8.00. The summed E-state index contributed by atoms with van der Waals surface area (Å²) in [4.78, 5) is 12.0. The van der Waals surface area contributed by atoms with E-state index >= 15 is 0 Å². The van der Waals surface area contributed by atoms with Gasteiger partial charge in [0.1, 0.15) is 6.10 Å². The topological polar surface area (TPSA) is 113 Å². The first-order chi connectivity index (χ1) is 15.5. The lowest BCUT2D eigenvalue weighted by Gasteiger charge is -2.15. The zero-order valence-corrected chi connectivity index (χ0v) is 17.2. The smallest absolute Gasteiger partial charge is 0.249 e. The Balaban J connectivity index is 0.000000203. The van der Waals surface area contributed by atoms with E-state index in [4.69, 9.17) is 21.1 Å². The average Bonchev–Trinajstić information content (AvgIpc) is 3.14. The molecule has 6 heteroatoms. The molecule has 5 aromatic rings. The van der Waals surface area contributed by atoms with E-state index in [-0.39, 0.29) is 18.9 Å². The summed E-state index contributed by atoms with van der Waals surface area (Å²) >= 11 is 0. The first-order valence-electron chi connectivity index (χ1n) is 10.5. The second-order valence-electron chi connectivity index (χ2n) is 8.08. The van der Waals surface area contributed by atoms with Crippen LogP contribution in [0.1, 0.15) is 16.8 Å². The highest BCUT2D eigenvalue weighted by Crippen LogP contribution is 2.41. The summed E-state index contributed by atoms with van der Waals surface area (Å²) in [6.07, 6.45) is -2.02. The van der Waals surface area contributed by atoms with Crippen LogP contribution in [0.2, 0.25) is 0 Å². The predicted octanol–water partition coefficient (Wildman–Crippen LogP) is 3.28. The summed E-state index contributed by atoms with van der Waals surface area (Å²) < 4.78 is 4.68. The number of fused-ring (bicyclic) bond motifs is 2. The molecule has 1 heterocycles. The van der Waals surface area contributed by atoms with E-state index in [1.807, 2.05) is 18.2 Å². The maximum Gasteiger partial charge on any atom is 0.249 e. The van der Waals surface area contributed by atoms with Crippen molar-refractivity contribution in [3.63, 3.8) is 0 Å². The SMILES string of the molecule is NC(=O)c1ccc2cccc3c4cccc5cccc(c1c23)c54.OC[C@H]1OC(O)C[C@@H]1O. The van der Waals surface area contributed by atoms with Gasteiger partial charge in [-0.2, -0.15) is 0 Å². The van der Waals surface area contributed by atoms with Crippen LogP contribution in [0.15, 0.2) is 66.7 Å². The number of hydrogen-bond acceptors (Lipinski definition) is 5. The molecule has 1 saturated heterocycles. The summed E-state index contributed by atoms with van der Waals surface area (Å²) in [5.74, 6) is -0.381. The Kier molecular flexibility index (Phi) is 5.15. The van der Waals surface area contributed by atoms with Crippen molar-refractivity contribution < 1.29 is 24.9 Å². The molecule has 3 atom stereocenters. The van der Waals surface area contributed by atoms with E-state index in [0.29, 0.717) is 5.56 Å². The van der Waals surface area contributed by atoms with Gasteiger partial charge in [0, 0.05) is 17.4 Å². The number of ether oxygens (including phenoxy) is 1. The van der Waals surface area contributed by atoms with E-state index in [0.717, 1.165) is 21.5 Å². The van der Waals surface area contributed by atoms with Crippen LogP contribution in [0.4, 0.5) is 0 Å². The zero-order chi connectivity index (χ0) is 22.4. The molecule has 5 N–H and O–H groups in total. The third kappa shape index (κ3) is 3.25. The lowest BCUT2D eigenvalue weighted by Crippen LogP contribution is -2.24. The molecule has 32 heavy (non-hydrogen) atoms. The number of amides is 1. The van der Waals surface area contributed by atoms with Crippen molar-refractivity contribution >= 4 is 49.0 Å². The van der Waals surface area contributed by atoms with Gasteiger partial charge in [0.05, 0.1) is 12.7 Å². The number of nitrogens with two attached hydrogens (primary N) is 1. The Hall–Kier alpha value is -3.29. The number of aliphatic hydroxyl groups excluding tert-OH is 3. The van der Waals surface area contributed by atoms with Crippen LogP contribution in [-0.4, -0.2) is 46.3 Å². The molecule has 162 valence electrons. The van der Waals surface area contributed by atoms with Crippen molar-refractivity contribution in [1.29, 1.82) is 0 Å². The Morgan fingerprint density at radius 1 is 0.844 bits per heavy atom. The van der Waals surface area contributed by atoms with Gasteiger partial charge in [0.25, 0.3) is 0 Å². The summed E-state index contributed by atoms with van der Waals surface area (Å²) in [6.45, 7) is -0.238. The fraction of sp³-hybridized carbons (Fsp3) is 0.192. The maximum absolute atomic E-state index is 12.0. The van der Waals surface area contributed by atoms with E-state index in [1.165, 1.54) is 21.5 Å². The van der Waals surface area contributed by atoms with E-state index in [9.17, 15) is 4.79 Å². The lowest BCUT2D eigenvalue weighted by molar-refractivity contribution is -0.107. The van der Waals surface area contributed by atoms with Crippen molar-refractivity contribution in [2.75, 3.05) is 6.61 Å². The molecule has 1 amide bonds. The normalized spacial score (nSPS) is 20.8. The van der Waals surface area contributed by atoms with Crippen molar-refractivity contribution in [3.05, 3.63) is 72.3 Å². The van der Waals surface area contributed by atoms with Crippen LogP contribution in [0.5, 0.6) is 0 Å². The number of rotatable bonds is 2. The predicted molar refractivity (Wildman–Crippen MR) is 125 cm³/mol. The number of hydrogen-bond donors (Lipinski definition) is 4. The fourth-order valence-corrected chi connectivity index (χ4v) is 4.73. The summed E-state index contributed by atoms with van der Waals surface area (Å²) in [6, 6.07) is 22.7. The molecule has 0 saturated carbocycles.